The normalized spacial score (nSPS) is 45.7. The van der Waals surface area contributed by atoms with E-state index in [1.807, 2.05) is 0 Å². The number of hydrogen-bond acceptors (Lipinski definition) is 12. The van der Waals surface area contributed by atoms with Crippen molar-refractivity contribution in [2.75, 3.05) is 6.61 Å². The maximum Gasteiger partial charge on any atom is 0.394 e. The molecule has 27 heavy (non-hydrogen) atoms. The monoisotopic (exact) mass is 421 g/mol. The van der Waals surface area contributed by atoms with Crippen LogP contribution in [0, 0.1) is 0 Å². The molecule has 0 spiro atoms. The quantitative estimate of drug-likeness (QED) is 0.190. The van der Waals surface area contributed by atoms with Gasteiger partial charge in [-0.3, -0.25) is 9.11 Å². The maximum atomic E-state index is 10.0. The molecule has 2 fully saturated rings. The Labute approximate surface area is 155 Å². The third kappa shape index (κ3) is 6.79. The lowest BCUT2D eigenvalue weighted by Gasteiger charge is -2.45. The van der Waals surface area contributed by atoms with Gasteiger partial charge in [-0.2, -0.15) is 8.42 Å². The predicted octanol–water partition coefficient (Wildman–Crippen LogP) is -5.73. The van der Waals surface area contributed by atoms with Crippen LogP contribution in [0.3, 0.4) is 0 Å². The first-order chi connectivity index (χ1) is 12.3. The van der Waals surface area contributed by atoms with Crippen molar-refractivity contribution in [1.82, 2.24) is 0 Å². The van der Waals surface area contributed by atoms with E-state index in [1.165, 1.54) is 0 Å². The molecule has 1 saturated carbocycles. The van der Waals surface area contributed by atoms with Crippen molar-refractivity contribution >= 4 is 10.4 Å². The van der Waals surface area contributed by atoms with Crippen molar-refractivity contribution in [2.24, 2.45) is 17.2 Å². The summed E-state index contributed by atoms with van der Waals surface area (Å²) >= 11 is 0. The minimum absolute atomic E-state index is 0.222. The Morgan fingerprint density at radius 2 is 1.44 bits per heavy atom. The Bertz CT molecular complexity index is 557. The number of nitrogens with two attached hydrogens (primary N) is 3. The minimum atomic E-state index is -4.67. The molecular weight excluding hydrogens is 394 g/mol. The van der Waals surface area contributed by atoms with Crippen LogP contribution < -0.4 is 17.2 Å². The molecule has 2 rings (SSSR count). The van der Waals surface area contributed by atoms with E-state index in [-0.39, 0.29) is 6.42 Å². The van der Waals surface area contributed by atoms with Gasteiger partial charge in [0.15, 0.2) is 6.29 Å². The molecule has 0 bridgehead atoms. The summed E-state index contributed by atoms with van der Waals surface area (Å²) in [5.41, 5.74) is 17.3. The zero-order valence-corrected chi connectivity index (χ0v) is 14.9. The molecule has 0 aromatic heterocycles. The number of aliphatic hydroxyl groups is 5. The molecule has 0 amide bonds. The van der Waals surface area contributed by atoms with Crippen molar-refractivity contribution in [2.45, 2.75) is 67.5 Å². The van der Waals surface area contributed by atoms with Gasteiger partial charge in [0.2, 0.25) is 0 Å². The lowest BCUT2D eigenvalue weighted by Crippen LogP contribution is -2.67. The number of ether oxygens (including phenoxy) is 2. The summed E-state index contributed by atoms with van der Waals surface area (Å²) in [7, 11) is -4.67. The summed E-state index contributed by atoms with van der Waals surface area (Å²) in [6.45, 7) is -0.544. The van der Waals surface area contributed by atoms with Crippen molar-refractivity contribution in [1.29, 1.82) is 0 Å². The van der Waals surface area contributed by atoms with Gasteiger partial charge in [-0.1, -0.05) is 0 Å². The highest BCUT2D eigenvalue weighted by Gasteiger charge is 2.47. The van der Waals surface area contributed by atoms with Crippen molar-refractivity contribution in [3.63, 3.8) is 0 Å². The molecule has 0 radical (unpaired) electrons. The van der Waals surface area contributed by atoms with Gasteiger partial charge in [-0.15, -0.1) is 0 Å². The molecule has 14 nitrogen and oxygen atoms in total. The molecule has 13 N–H and O–H groups in total. The molecule has 1 saturated heterocycles. The fraction of sp³-hybridized carbons (Fsp3) is 1.00. The minimum Gasteiger partial charge on any atom is -0.394 e. The molecule has 0 aromatic rings. The maximum absolute atomic E-state index is 10.0. The van der Waals surface area contributed by atoms with E-state index in [4.69, 9.17) is 49.3 Å². The molecule has 0 unspecified atom stereocenters. The van der Waals surface area contributed by atoms with Gasteiger partial charge in [0.1, 0.15) is 30.5 Å². The molecule has 162 valence electrons. The van der Waals surface area contributed by atoms with Gasteiger partial charge in [0.25, 0.3) is 0 Å². The van der Waals surface area contributed by atoms with E-state index in [1.54, 1.807) is 0 Å². The van der Waals surface area contributed by atoms with Crippen molar-refractivity contribution in [3.05, 3.63) is 0 Å². The van der Waals surface area contributed by atoms with E-state index < -0.39 is 78.0 Å². The lowest BCUT2D eigenvalue weighted by molar-refractivity contribution is -0.293. The van der Waals surface area contributed by atoms with E-state index in [2.05, 4.69) is 0 Å². The smallest absolute Gasteiger partial charge is 0.394 e. The second kappa shape index (κ2) is 9.79. The van der Waals surface area contributed by atoms with E-state index in [9.17, 15) is 20.4 Å². The van der Waals surface area contributed by atoms with Crippen LogP contribution in [0.4, 0.5) is 0 Å². The average Bonchev–Trinajstić information content (AvgIpc) is 2.55. The first-order valence-electron chi connectivity index (χ1n) is 7.88. The number of hydrogen-bond donors (Lipinski definition) is 10. The fourth-order valence-corrected chi connectivity index (χ4v) is 2.85. The Balaban J connectivity index is 0.000000646. The van der Waals surface area contributed by atoms with Gasteiger partial charge in [0.05, 0.1) is 18.8 Å². The fourth-order valence-electron chi connectivity index (χ4n) is 2.85. The SMILES string of the molecule is N[C@H]1[C@@H](O[C@H]2[C@H](O)[C@@H](O)[C@H](N)C[C@@H]2N)O[C@H](CO)[C@@H](O)[C@@H]1O.O=S(=O)(O)O. The Kier molecular flexibility index (Phi) is 8.89. The standard InChI is InChI=1S/C12H25N3O7.H2O4S/c13-3-1-4(14)11(10(20)7(3)17)22-12-6(15)9(19)8(18)5(2-16)21-12;1-5(2,3)4/h3-12,16-20H,1-2,13-15H2;(H2,1,2,3,4)/t3-,4+,5-,6-,7+,8-,9-,10-,11-,12-;/m1./s1. The Morgan fingerprint density at radius 1 is 0.926 bits per heavy atom. The van der Waals surface area contributed by atoms with Crippen LogP contribution in [-0.4, -0.2) is 111 Å². The van der Waals surface area contributed by atoms with Crippen molar-refractivity contribution < 1.29 is 52.5 Å². The van der Waals surface area contributed by atoms with Gasteiger partial charge in [0, 0.05) is 12.1 Å². The molecule has 10 atom stereocenters. The largest absolute Gasteiger partial charge is 0.394 e. The molecule has 15 heteroatoms. The lowest BCUT2D eigenvalue weighted by atomic mass is 9.84. The summed E-state index contributed by atoms with van der Waals surface area (Å²) in [5, 5.41) is 48.6. The van der Waals surface area contributed by atoms with Crippen molar-refractivity contribution in [3.8, 4) is 0 Å². The zero-order chi connectivity index (χ0) is 21.1. The van der Waals surface area contributed by atoms with Crippen LogP contribution in [-0.2, 0) is 19.9 Å². The first kappa shape index (κ1) is 24.5. The van der Waals surface area contributed by atoms with E-state index >= 15 is 0 Å². The summed E-state index contributed by atoms with van der Waals surface area (Å²) in [4.78, 5) is 0. The van der Waals surface area contributed by atoms with E-state index in [0.717, 1.165) is 0 Å². The van der Waals surface area contributed by atoms with Crippen LogP contribution in [0.5, 0.6) is 0 Å². The highest BCUT2D eigenvalue weighted by Crippen LogP contribution is 2.27. The zero-order valence-electron chi connectivity index (χ0n) is 14.1. The summed E-state index contributed by atoms with van der Waals surface area (Å²) in [6.07, 6.45) is -8.36. The average molecular weight is 421 g/mol. The Hall–Kier alpha value is -0.530. The first-order valence-corrected chi connectivity index (χ1v) is 9.28. The van der Waals surface area contributed by atoms with Crippen LogP contribution in [0.1, 0.15) is 6.42 Å². The third-order valence-electron chi connectivity index (χ3n) is 4.31. The van der Waals surface area contributed by atoms with Crippen LogP contribution in [0.25, 0.3) is 0 Å². The van der Waals surface area contributed by atoms with E-state index in [0.29, 0.717) is 0 Å². The van der Waals surface area contributed by atoms with Gasteiger partial charge in [-0.05, 0) is 6.42 Å². The summed E-state index contributed by atoms with van der Waals surface area (Å²) in [5.74, 6) is 0. The number of aliphatic hydroxyl groups excluding tert-OH is 5. The molecular formula is C12H27N3O11S. The second-order valence-corrected chi connectivity index (χ2v) is 7.27. The summed E-state index contributed by atoms with van der Waals surface area (Å²) in [6, 6.07) is -2.45. The molecule has 1 aliphatic carbocycles. The number of rotatable bonds is 3. The summed E-state index contributed by atoms with van der Waals surface area (Å²) < 4.78 is 42.4. The van der Waals surface area contributed by atoms with Crippen LogP contribution >= 0.6 is 0 Å². The van der Waals surface area contributed by atoms with Gasteiger partial charge in [-0.25, -0.2) is 0 Å². The van der Waals surface area contributed by atoms with Gasteiger partial charge >= 0.3 is 10.4 Å². The van der Waals surface area contributed by atoms with Crippen LogP contribution in [0.15, 0.2) is 0 Å². The topological polar surface area (TPSA) is 272 Å². The molecule has 1 heterocycles. The highest BCUT2D eigenvalue weighted by molar-refractivity contribution is 7.79. The molecule has 0 aromatic carbocycles. The van der Waals surface area contributed by atoms with Gasteiger partial charge < -0.3 is 52.2 Å². The third-order valence-corrected chi connectivity index (χ3v) is 4.31. The molecule has 2 aliphatic rings. The second-order valence-electron chi connectivity index (χ2n) is 6.38. The predicted molar refractivity (Wildman–Crippen MR) is 87.4 cm³/mol. The Morgan fingerprint density at radius 3 is 1.93 bits per heavy atom. The molecule has 1 aliphatic heterocycles. The highest BCUT2D eigenvalue weighted by atomic mass is 32.3. The van der Waals surface area contributed by atoms with Crippen LogP contribution in [0.2, 0.25) is 0 Å².